The summed E-state index contributed by atoms with van der Waals surface area (Å²) in [4.78, 5) is 1.27. The van der Waals surface area contributed by atoms with Crippen LogP contribution >= 0.6 is 43.2 Å². The Morgan fingerprint density at radius 1 is 1.29 bits per heavy atom. The minimum absolute atomic E-state index is 0.118. The summed E-state index contributed by atoms with van der Waals surface area (Å²) in [5, 5.41) is 2.82. The molecular formula is C13H11Br2FS. The molecule has 0 N–H and O–H groups in total. The quantitative estimate of drug-likeness (QED) is 0.628. The van der Waals surface area contributed by atoms with Gasteiger partial charge in [0.15, 0.2) is 0 Å². The van der Waals surface area contributed by atoms with Gasteiger partial charge in [0.1, 0.15) is 5.82 Å². The van der Waals surface area contributed by atoms with Crippen molar-refractivity contribution in [1.29, 1.82) is 0 Å². The summed E-state index contributed by atoms with van der Waals surface area (Å²) in [6, 6.07) is 9.10. The molecule has 0 saturated heterocycles. The highest BCUT2D eigenvalue weighted by Crippen LogP contribution is 2.29. The molecule has 2 rings (SSSR count). The molecule has 4 heteroatoms. The third-order valence-corrected chi connectivity index (χ3v) is 5.10. The Bertz CT molecular complexity index is 496. The molecule has 0 nitrogen and oxygen atoms in total. The molecule has 0 fully saturated rings. The Labute approximate surface area is 121 Å². The molecular weight excluding hydrogens is 367 g/mol. The maximum Gasteiger partial charge on any atom is 0.126 e. The van der Waals surface area contributed by atoms with Crippen molar-refractivity contribution in [3.05, 3.63) is 56.4 Å². The summed E-state index contributed by atoms with van der Waals surface area (Å²) in [6.45, 7) is 0. The molecule has 0 aliphatic heterocycles. The Morgan fingerprint density at radius 2 is 2.06 bits per heavy atom. The second-order valence-corrected chi connectivity index (χ2v) is 6.37. The summed E-state index contributed by atoms with van der Waals surface area (Å²) in [6.07, 6.45) is 0.864. The molecule has 0 spiro atoms. The van der Waals surface area contributed by atoms with Crippen LogP contribution in [0.5, 0.6) is 0 Å². The van der Waals surface area contributed by atoms with Crippen LogP contribution in [-0.4, -0.2) is 5.33 Å². The SMILES string of the molecule is Fc1ccccc1C(CBr)Cc1cc(Br)cs1. The van der Waals surface area contributed by atoms with Gasteiger partial charge in [-0.25, -0.2) is 4.39 Å². The lowest BCUT2D eigenvalue weighted by atomic mass is 9.96. The zero-order chi connectivity index (χ0) is 12.3. The lowest BCUT2D eigenvalue weighted by Gasteiger charge is -2.14. The van der Waals surface area contributed by atoms with Crippen molar-refractivity contribution in [1.82, 2.24) is 0 Å². The molecule has 0 aliphatic rings. The van der Waals surface area contributed by atoms with Crippen LogP contribution in [0.3, 0.4) is 0 Å². The van der Waals surface area contributed by atoms with Gasteiger partial charge in [-0.2, -0.15) is 0 Å². The van der Waals surface area contributed by atoms with Gasteiger partial charge in [-0.1, -0.05) is 34.1 Å². The van der Waals surface area contributed by atoms with Crippen LogP contribution in [0.15, 0.2) is 40.2 Å². The zero-order valence-electron chi connectivity index (χ0n) is 9.00. The lowest BCUT2D eigenvalue weighted by Crippen LogP contribution is -2.05. The lowest BCUT2D eigenvalue weighted by molar-refractivity contribution is 0.591. The molecule has 0 amide bonds. The second-order valence-electron chi connectivity index (χ2n) is 3.81. The number of alkyl halides is 1. The molecule has 17 heavy (non-hydrogen) atoms. The first-order valence-electron chi connectivity index (χ1n) is 5.24. The standard InChI is InChI=1S/C13H11Br2FS/c14-7-9(5-11-6-10(15)8-17-11)12-3-1-2-4-13(12)16/h1-4,6,8-9H,5,7H2. The van der Waals surface area contributed by atoms with Crippen molar-refractivity contribution < 1.29 is 4.39 Å². The number of halogens is 3. The first-order chi connectivity index (χ1) is 8.20. The number of hydrogen-bond acceptors (Lipinski definition) is 1. The average Bonchev–Trinajstić information content (AvgIpc) is 2.73. The normalized spacial score (nSPS) is 12.6. The Balaban J connectivity index is 2.20. The Hall–Kier alpha value is -0.190. The van der Waals surface area contributed by atoms with Gasteiger partial charge in [0.2, 0.25) is 0 Å². The van der Waals surface area contributed by atoms with Crippen LogP contribution in [0.4, 0.5) is 4.39 Å². The van der Waals surface area contributed by atoms with Gasteiger partial charge in [-0.05, 0) is 40.0 Å². The van der Waals surface area contributed by atoms with Crippen molar-refractivity contribution in [2.24, 2.45) is 0 Å². The summed E-state index contributed by atoms with van der Waals surface area (Å²) in [7, 11) is 0. The van der Waals surface area contributed by atoms with Crippen molar-refractivity contribution >= 4 is 43.2 Å². The number of thiophene rings is 1. The second kappa shape index (κ2) is 6.12. The summed E-state index contributed by atoms with van der Waals surface area (Å²) >= 11 is 8.62. The van der Waals surface area contributed by atoms with Crippen molar-refractivity contribution in [2.75, 3.05) is 5.33 Å². The van der Waals surface area contributed by atoms with E-state index in [0.29, 0.717) is 0 Å². The van der Waals surface area contributed by atoms with Gasteiger partial charge in [0, 0.05) is 26.0 Å². The van der Waals surface area contributed by atoms with E-state index >= 15 is 0 Å². The fourth-order valence-corrected chi connectivity index (χ4v) is 3.87. The molecule has 1 heterocycles. The van der Waals surface area contributed by atoms with Crippen LogP contribution in [0, 0.1) is 5.82 Å². The molecule has 1 atom stereocenters. The highest BCUT2D eigenvalue weighted by Gasteiger charge is 2.15. The number of rotatable bonds is 4. The Kier molecular flexibility index (Phi) is 4.77. The van der Waals surface area contributed by atoms with Gasteiger partial charge in [0.25, 0.3) is 0 Å². The van der Waals surface area contributed by atoms with E-state index in [-0.39, 0.29) is 11.7 Å². The van der Waals surface area contributed by atoms with Crippen LogP contribution in [-0.2, 0) is 6.42 Å². The zero-order valence-corrected chi connectivity index (χ0v) is 13.0. The molecule has 1 aromatic heterocycles. The predicted octanol–water partition coefficient (Wildman–Crippen LogP) is 5.37. The minimum Gasteiger partial charge on any atom is -0.207 e. The monoisotopic (exact) mass is 376 g/mol. The van der Waals surface area contributed by atoms with E-state index in [9.17, 15) is 4.39 Å². The largest absolute Gasteiger partial charge is 0.207 e. The third kappa shape index (κ3) is 3.39. The van der Waals surface area contributed by atoms with Gasteiger partial charge in [-0.3, -0.25) is 0 Å². The maximum atomic E-state index is 13.7. The smallest absolute Gasteiger partial charge is 0.126 e. The third-order valence-electron chi connectivity index (χ3n) is 2.60. The minimum atomic E-state index is -0.118. The molecule has 2 aromatic rings. The summed E-state index contributed by atoms with van der Waals surface area (Å²) in [5.74, 6) is 0.0642. The molecule has 0 bridgehead atoms. The molecule has 1 unspecified atom stereocenters. The van der Waals surface area contributed by atoms with Gasteiger partial charge >= 0.3 is 0 Å². The highest BCUT2D eigenvalue weighted by molar-refractivity contribution is 9.10. The first kappa shape index (κ1) is 13.2. The van der Waals surface area contributed by atoms with Gasteiger partial charge in [0.05, 0.1) is 0 Å². The van der Waals surface area contributed by atoms with E-state index in [1.54, 1.807) is 17.4 Å². The molecule has 90 valence electrons. The van der Waals surface area contributed by atoms with E-state index in [4.69, 9.17) is 0 Å². The maximum absolute atomic E-state index is 13.7. The molecule has 0 saturated carbocycles. The topological polar surface area (TPSA) is 0 Å². The van der Waals surface area contributed by atoms with Gasteiger partial charge < -0.3 is 0 Å². The van der Waals surface area contributed by atoms with E-state index in [1.807, 2.05) is 12.1 Å². The van der Waals surface area contributed by atoms with Crippen LogP contribution in [0.1, 0.15) is 16.4 Å². The Morgan fingerprint density at radius 3 is 2.65 bits per heavy atom. The number of hydrogen-bond donors (Lipinski definition) is 0. The van der Waals surface area contributed by atoms with Crippen molar-refractivity contribution in [3.8, 4) is 0 Å². The molecule has 0 aliphatic carbocycles. The average molecular weight is 378 g/mol. The van der Waals surface area contributed by atoms with Crippen LogP contribution in [0.25, 0.3) is 0 Å². The molecule has 0 radical (unpaired) electrons. The van der Waals surface area contributed by atoms with E-state index in [2.05, 4.69) is 43.3 Å². The summed E-state index contributed by atoms with van der Waals surface area (Å²) < 4.78 is 14.8. The van der Waals surface area contributed by atoms with E-state index < -0.39 is 0 Å². The fourth-order valence-electron chi connectivity index (χ4n) is 1.76. The van der Waals surface area contributed by atoms with Crippen molar-refractivity contribution in [3.63, 3.8) is 0 Å². The van der Waals surface area contributed by atoms with Gasteiger partial charge in [-0.15, -0.1) is 11.3 Å². The first-order valence-corrected chi connectivity index (χ1v) is 8.03. The van der Waals surface area contributed by atoms with E-state index in [1.165, 1.54) is 10.9 Å². The molecule has 1 aromatic carbocycles. The van der Waals surface area contributed by atoms with Crippen molar-refractivity contribution in [2.45, 2.75) is 12.3 Å². The van der Waals surface area contributed by atoms with E-state index in [0.717, 1.165) is 21.8 Å². The summed E-state index contributed by atoms with van der Waals surface area (Å²) in [5.41, 5.74) is 0.786. The van der Waals surface area contributed by atoms with Crippen LogP contribution in [0.2, 0.25) is 0 Å². The fraction of sp³-hybridized carbons (Fsp3) is 0.231. The highest BCUT2D eigenvalue weighted by atomic mass is 79.9. The van der Waals surface area contributed by atoms with Crippen LogP contribution < -0.4 is 0 Å². The number of benzene rings is 1. The predicted molar refractivity (Wildman–Crippen MR) is 78.7 cm³/mol.